The molecule has 0 saturated carbocycles. The summed E-state index contributed by atoms with van der Waals surface area (Å²) in [5.74, 6) is 0. The molecule has 2 N–H and O–H groups in total. The van der Waals surface area contributed by atoms with Gasteiger partial charge < -0.3 is 15.4 Å². The average molecular weight is 256 g/mol. The Bertz CT molecular complexity index is 321. The van der Waals surface area contributed by atoms with Crippen molar-refractivity contribution < 1.29 is 4.74 Å². The zero-order valence-corrected chi connectivity index (χ0v) is 10.7. The summed E-state index contributed by atoms with van der Waals surface area (Å²) in [5.41, 5.74) is 0. The maximum Gasteiger partial charge on any atom is 0.166 e. The Hall–Kier alpha value is -0.650. The van der Waals surface area contributed by atoms with Gasteiger partial charge in [0.05, 0.1) is 12.6 Å². The van der Waals surface area contributed by atoms with Crippen molar-refractivity contribution in [2.24, 2.45) is 0 Å². The Morgan fingerprint density at radius 2 is 2.50 bits per heavy atom. The molecule has 0 bridgehead atoms. The lowest BCUT2D eigenvalue weighted by Gasteiger charge is -2.13. The molecule has 3 nitrogen and oxygen atoms in total. The molecule has 0 unspecified atom stereocenters. The number of nitrogens with one attached hydrogen (secondary N) is 2. The lowest BCUT2D eigenvalue weighted by molar-refractivity contribution is 0.114. The predicted octanol–water partition coefficient (Wildman–Crippen LogP) is 1.89. The lowest BCUT2D eigenvalue weighted by Crippen LogP contribution is -2.38. The fraction of sp³-hybridized carbons (Fsp3) is 0.545. The van der Waals surface area contributed by atoms with Crippen molar-refractivity contribution in [2.45, 2.75) is 25.5 Å². The van der Waals surface area contributed by atoms with Gasteiger partial charge in [-0.25, -0.2) is 0 Å². The van der Waals surface area contributed by atoms with Crippen LogP contribution in [0.1, 0.15) is 17.7 Å². The molecule has 1 aliphatic heterocycles. The first-order valence-electron chi connectivity index (χ1n) is 5.50. The fourth-order valence-corrected chi connectivity index (χ4v) is 2.45. The van der Waals surface area contributed by atoms with Crippen LogP contribution in [0.2, 0.25) is 0 Å². The first kappa shape index (κ1) is 11.8. The molecule has 1 atom stereocenters. The van der Waals surface area contributed by atoms with Crippen LogP contribution in [0.3, 0.4) is 0 Å². The molecule has 1 fully saturated rings. The van der Waals surface area contributed by atoms with Crippen molar-refractivity contribution in [3.05, 3.63) is 22.4 Å². The molecule has 1 aromatic heterocycles. The minimum Gasteiger partial charge on any atom is -0.376 e. The van der Waals surface area contributed by atoms with E-state index in [0.29, 0.717) is 11.2 Å². The van der Waals surface area contributed by atoms with Crippen molar-refractivity contribution in [2.75, 3.05) is 13.2 Å². The number of thiophene rings is 1. The maximum absolute atomic E-state index is 5.51. The first-order chi connectivity index (χ1) is 7.84. The second kappa shape index (κ2) is 6.18. The molecule has 0 aromatic carbocycles. The van der Waals surface area contributed by atoms with Crippen LogP contribution in [-0.2, 0) is 11.3 Å². The maximum atomic E-state index is 5.51. The van der Waals surface area contributed by atoms with Gasteiger partial charge in [-0.05, 0) is 36.5 Å². The number of hydrogen-bond donors (Lipinski definition) is 2. The van der Waals surface area contributed by atoms with Crippen LogP contribution in [0.5, 0.6) is 0 Å². The SMILES string of the molecule is S=C(NCc1cccs1)NC[C@@H]1CCCO1. The summed E-state index contributed by atoms with van der Waals surface area (Å²) in [5, 5.41) is 9.15. The number of rotatable bonds is 4. The van der Waals surface area contributed by atoms with Gasteiger partial charge in [-0.3, -0.25) is 0 Å². The standard InChI is InChI=1S/C11H16N2OS2/c15-11(12-7-9-3-1-5-14-9)13-8-10-4-2-6-16-10/h2,4,6,9H,1,3,5,7-8H2,(H2,12,13,15)/t9-/m0/s1. The van der Waals surface area contributed by atoms with E-state index in [1.54, 1.807) is 11.3 Å². The Morgan fingerprint density at radius 3 is 3.19 bits per heavy atom. The molecule has 88 valence electrons. The van der Waals surface area contributed by atoms with Gasteiger partial charge in [-0.2, -0.15) is 0 Å². The molecule has 0 amide bonds. The summed E-state index contributed by atoms with van der Waals surface area (Å²) in [6.07, 6.45) is 2.64. The van der Waals surface area contributed by atoms with E-state index in [9.17, 15) is 0 Å². The topological polar surface area (TPSA) is 33.3 Å². The summed E-state index contributed by atoms with van der Waals surface area (Å²) in [6.45, 7) is 2.51. The molecular weight excluding hydrogens is 240 g/mol. The van der Waals surface area contributed by atoms with Gasteiger partial charge in [0, 0.05) is 18.0 Å². The van der Waals surface area contributed by atoms with Crippen molar-refractivity contribution in [3.63, 3.8) is 0 Å². The normalized spacial score (nSPS) is 19.6. The van der Waals surface area contributed by atoms with Gasteiger partial charge in [-0.15, -0.1) is 11.3 Å². The third-order valence-electron chi connectivity index (χ3n) is 2.52. The minimum atomic E-state index is 0.335. The van der Waals surface area contributed by atoms with E-state index < -0.39 is 0 Å². The van der Waals surface area contributed by atoms with E-state index in [0.717, 1.165) is 26.1 Å². The van der Waals surface area contributed by atoms with Gasteiger partial charge in [-0.1, -0.05) is 6.07 Å². The van der Waals surface area contributed by atoms with Crippen LogP contribution in [0.15, 0.2) is 17.5 Å². The Morgan fingerprint density at radius 1 is 1.56 bits per heavy atom. The van der Waals surface area contributed by atoms with E-state index in [1.807, 2.05) is 6.07 Å². The molecule has 1 saturated heterocycles. The van der Waals surface area contributed by atoms with E-state index in [1.165, 1.54) is 11.3 Å². The number of ether oxygens (including phenoxy) is 1. The highest BCUT2D eigenvalue weighted by atomic mass is 32.1. The van der Waals surface area contributed by atoms with Crippen LogP contribution >= 0.6 is 23.6 Å². The summed E-state index contributed by atoms with van der Waals surface area (Å²) < 4.78 is 5.51. The molecule has 5 heteroatoms. The summed E-state index contributed by atoms with van der Waals surface area (Å²) in [7, 11) is 0. The summed E-state index contributed by atoms with van der Waals surface area (Å²) in [6, 6.07) is 4.14. The van der Waals surface area contributed by atoms with Gasteiger partial charge >= 0.3 is 0 Å². The highest BCUT2D eigenvalue weighted by Crippen LogP contribution is 2.10. The van der Waals surface area contributed by atoms with Crippen molar-refractivity contribution >= 4 is 28.7 Å². The predicted molar refractivity (Wildman–Crippen MR) is 70.7 cm³/mol. The molecule has 2 heterocycles. The third kappa shape index (κ3) is 3.73. The highest BCUT2D eigenvalue weighted by Gasteiger charge is 2.14. The lowest BCUT2D eigenvalue weighted by atomic mass is 10.2. The zero-order valence-electron chi connectivity index (χ0n) is 9.07. The molecule has 0 radical (unpaired) electrons. The monoisotopic (exact) mass is 256 g/mol. The van der Waals surface area contributed by atoms with Crippen LogP contribution < -0.4 is 10.6 Å². The molecule has 1 aromatic rings. The first-order valence-corrected chi connectivity index (χ1v) is 6.79. The van der Waals surface area contributed by atoms with Crippen molar-refractivity contribution in [1.82, 2.24) is 10.6 Å². The largest absolute Gasteiger partial charge is 0.376 e. The third-order valence-corrected chi connectivity index (χ3v) is 3.68. The van der Waals surface area contributed by atoms with Crippen LogP contribution in [0.25, 0.3) is 0 Å². The molecule has 0 aliphatic carbocycles. The second-order valence-electron chi connectivity index (χ2n) is 3.78. The summed E-state index contributed by atoms with van der Waals surface area (Å²) >= 11 is 6.92. The fourth-order valence-electron chi connectivity index (χ4n) is 1.65. The van der Waals surface area contributed by atoms with E-state index in [4.69, 9.17) is 17.0 Å². The van der Waals surface area contributed by atoms with Crippen molar-refractivity contribution in [3.8, 4) is 0 Å². The van der Waals surface area contributed by atoms with E-state index in [2.05, 4.69) is 22.1 Å². The Labute approximate surface area is 105 Å². The molecule has 2 rings (SSSR count). The van der Waals surface area contributed by atoms with Gasteiger partial charge in [0.25, 0.3) is 0 Å². The second-order valence-corrected chi connectivity index (χ2v) is 5.22. The minimum absolute atomic E-state index is 0.335. The smallest absolute Gasteiger partial charge is 0.166 e. The van der Waals surface area contributed by atoms with Crippen LogP contribution in [-0.4, -0.2) is 24.4 Å². The molecular formula is C11H16N2OS2. The molecule has 0 spiro atoms. The van der Waals surface area contributed by atoms with E-state index in [-0.39, 0.29) is 0 Å². The van der Waals surface area contributed by atoms with Gasteiger partial charge in [0.1, 0.15) is 0 Å². The average Bonchev–Trinajstić information content (AvgIpc) is 2.96. The van der Waals surface area contributed by atoms with Crippen LogP contribution in [0.4, 0.5) is 0 Å². The van der Waals surface area contributed by atoms with Crippen molar-refractivity contribution in [1.29, 1.82) is 0 Å². The quantitative estimate of drug-likeness (QED) is 0.806. The van der Waals surface area contributed by atoms with Gasteiger partial charge in [0.15, 0.2) is 5.11 Å². The highest BCUT2D eigenvalue weighted by molar-refractivity contribution is 7.80. The molecule has 16 heavy (non-hydrogen) atoms. The van der Waals surface area contributed by atoms with Crippen LogP contribution in [0, 0.1) is 0 Å². The number of thiocarbonyl (C=S) groups is 1. The molecule has 1 aliphatic rings. The zero-order chi connectivity index (χ0) is 11.2. The Kier molecular flexibility index (Phi) is 4.56. The van der Waals surface area contributed by atoms with Gasteiger partial charge in [0.2, 0.25) is 0 Å². The number of hydrogen-bond acceptors (Lipinski definition) is 3. The van der Waals surface area contributed by atoms with E-state index >= 15 is 0 Å². The summed E-state index contributed by atoms with van der Waals surface area (Å²) in [4.78, 5) is 1.29. The Balaban J connectivity index is 1.60.